The first-order valence-corrected chi connectivity index (χ1v) is 6.90. The molecule has 0 atom stereocenters. The van der Waals surface area contributed by atoms with Crippen LogP contribution in [0, 0.1) is 6.92 Å². The summed E-state index contributed by atoms with van der Waals surface area (Å²) < 4.78 is 0. The third-order valence-corrected chi connectivity index (χ3v) is 3.55. The lowest BCUT2D eigenvalue weighted by molar-refractivity contribution is 0.492. The third-order valence-electron chi connectivity index (χ3n) is 3.03. The first-order chi connectivity index (χ1) is 8.49. The van der Waals surface area contributed by atoms with E-state index in [-0.39, 0.29) is 0 Å². The van der Waals surface area contributed by atoms with Crippen LogP contribution in [0.4, 0.5) is 0 Å². The molecule has 0 spiro atoms. The Morgan fingerprint density at radius 3 is 2.67 bits per heavy atom. The van der Waals surface area contributed by atoms with Crippen molar-refractivity contribution >= 4 is 25.1 Å². The summed E-state index contributed by atoms with van der Waals surface area (Å²) in [6, 6.07) is 0. The number of thiocarbonyl (C=S) groups is 1. The Morgan fingerprint density at radius 2 is 2.11 bits per heavy atom. The predicted molar refractivity (Wildman–Crippen MR) is 81.5 cm³/mol. The smallest absolute Gasteiger partial charge is 0.112 e. The van der Waals surface area contributed by atoms with Crippen LogP contribution in [0.25, 0.3) is 0 Å². The zero-order valence-electron chi connectivity index (χ0n) is 11.8. The highest BCUT2D eigenvalue weighted by Gasteiger charge is 2.19. The first kappa shape index (κ1) is 15.2. The molecule has 18 heavy (non-hydrogen) atoms. The highest BCUT2D eigenvalue weighted by atomic mass is 32.1. The molecule has 5 heteroatoms. The van der Waals surface area contributed by atoms with Crippen molar-refractivity contribution in [1.82, 2.24) is 15.1 Å². The average molecular weight is 263 g/mol. The first-order valence-electron chi connectivity index (χ1n) is 6.49. The third kappa shape index (κ3) is 3.58. The van der Waals surface area contributed by atoms with E-state index < -0.39 is 0 Å². The number of hydrogen-bond donors (Lipinski definition) is 1. The number of aromatic nitrogens is 2. The van der Waals surface area contributed by atoms with Crippen molar-refractivity contribution in [2.24, 2.45) is 0 Å². The molecule has 1 N–H and O–H groups in total. The van der Waals surface area contributed by atoms with Crippen LogP contribution in [0.3, 0.4) is 0 Å². The quantitative estimate of drug-likeness (QED) is 0.486. The fourth-order valence-electron chi connectivity index (χ4n) is 1.92. The number of aryl methyl sites for hydroxylation is 1. The van der Waals surface area contributed by atoms with Gasteiger partial charge in [-0.3, -0.25) is 5.10 Å². The van der Waals surface area contributed by atoms with Crippen LogP contribution in [0.5, 0.6) is 0 Å². The van der Waals surface area contributed by atoms with Crippen LogP contribution in [0.1, 0.15) is 49.6 Å². The summed E-state index contributed by atoms with van der Waals surface area (Å²) in [6.07, 6.45) is 2.85. The molecule has 1 heterocycles. The van der Waals surface area contributed by atoms with Gasteiger partial charge >= 0.3 is 0 Å². The predicted octanol–water partition coefficient (Wildman–Crippen LogP) is 2.82. The Balaban J connectivity index is 2.79. The fraction of sp³-hybridized carbons (Fsp3) is 0.692. The van der Waals surface area contributed by atoms with E-state index in [1.54, 1.807) is 0 Å². The maximum Gasteiger partial charge on any atom is 0.112 e. The molecule has 0 unspecified atom stereocenters. The number of hydrogen-bond acceptors (Lipinski definition) is 2. The monoisotopic (exact) mass is 263 g/mol. The van der Waals surface area contributed by atoms with Gasteiger partial charge in [0.15, 0.2) is 0 Å². The minimum Gasteiger partial charge on any atom is -0.365 e. The van der Waals surface area contributed by atoms with Gasteiger partial charge in [-0.2, -0.15) is 5.10 Å². The van der Waals surface area contributed by atoms with E-state index in [1.807, 2.05) is 14.0 Å². The molecule has 1 rings (SSSR count). The van der Waals surface area contributed by atoms with E-state index in [4.69, 9.17) is 20.1 Å². The lowest BCUT2D eigenvalue weighted by Crippen LogP contribution is -2.28. The fourth-order valence-corrected chi connectivity index (χ4v) is 2.27. The van der Waals surface area contributed by atoms with Gasteiger partial charge in [0.2, 0.25) is 0 Å². The average Bonchev–Trinajstić information content (AvgIpc) is 2.70. The van der Waals surface area contributed by atoms with E-state index in [2.05, 4.69) is 28.9 Å². The Labute approximate surface area is 117 Å². The van der Waals surface area contributed by atoms with Crippen molar-refractivity contribution < 1.29 is 0 Å². The standard InChI is InChI=1S/C13H22BN3S/c1-9(2)12-11(10(3)15-16-12)13(18)17(4)8-6-5-7-14/h9H,5-8H2,1-4H3,(H,15,16). The van der Waals surface area contributed by atoms with E-state index in [0.717, 1.165) is 47.6 Å². The zero-order valence-corrected chi connectivity index (χ0v) is 12.6. The van der Waals surface area contributed by atoms with Crippen molar-refractivity contribution in [2.45, 2.75) is 45.9 Å². The topological polar surface area (TPSA) is 31.9 Å². The molecule has 0 saturated carbocycles. The maximum atomic E-state index is 5.58. The highest BCUT2D eigenvalue weighted by Crippen LogP contribution is 2.21. The molecule has 3 nitrogen and oxygen atoms in total. The van der Waals surface area contributed by atoms with Crippen LogP contribution >= 0.6 is 12.2 Å². The Bertz CT molecular complexity index is 401. The van der Waals surface area contributed by atoms with Crippen molar-refractivity contribution in [1.29, 1.82) is 0 Å². The van der Waals surface area contributed by atoms with E-state index in [9.17, 15) is 0 Å². The van der Waals surface area contributed by atoms with Gasteiger partial charge in [-0.25, -0.2) is 0 Å². The molecule has 1 aromatic heterocycles. The van der Waals surface area contributed by atoms with Gasteiger partial charge in [0.25, 0.3) is 0 Å². The Morgan fingerprint density at radius 1 is 1.44 bits per heavy atom. The van der Waals surface area contributed by atoms with Crippen molar-refractivity contribution in [3.05, 3.63) is 17.0 Å². The highest BCUT2D eigenvalue weighted by molar-refractivity contribution is 7.80. The van der Waals surface area contributed by atoms with Gasteiger partial charge in [0.05, 0.1) is 19.1 Å². The molecule has 0 aliphatic carbocycles. The summed E-state index contributed by atoms with van der Waals surface area (Å²) in [5.41, 5.74) is 3.20. The number of H-pyrrole nitrogens is 1. The minimum atomic E-state index is 0.375. The summed E-state index contributed by atoms with van der Waals surface area (Å²) in [5, 5.41) is 7.39. The molecule has 0 aromatic carbocycles. The Kier molecular flexibility index (Phi) is 5.86. The lowest BCUT2D eigenvalue weighted by atomic mass is 10.00. The summed E-state index contributed by atoms with van der Waals surface area (Å²) >= 11 is 5.58. The molecule has 0 amide bonds. The number of rotatable bonds is 6. The summed E-state index contributed by atoms with van der Waals surface area (Å²) in [4.78, 5) is 3.00. The van der Waals surface area contributed by atoms with Crippen molar-refractivity contribution in [2.75, 3.05) is 13.6 Å². The zero-order chi connectivity index (χ0) is 13.7. The second-order valence-electron chi connectivity index (χ2n) is 4.99. The van der Waals surface area contributed by atoms with Crippen molar-refractivity contribution in [3.63, 3.8) is 0 Å². The minimum absolute atomic E-state index is 0.375. The molecule has 0 fully saturated rings. The van der Waals surface area contributed by atoms with Gasteiger partial charge in [0.1, 0.15) is 4.99 Å². The molecule has 0 bridgehead atoms. The molecular formula is C13H22BN3S. The summed E-state index contributed by atoms with van der Waals surface area (Å²) in [5.74, 6) is 0.375. The van der Waals surface area contributed by atoms with Gasteiger partial charge in [-0.1, -0.05) is 38.8 Å². The molecule has 0 aliphatic heterocycles. The maximum absolute atomic E-state index is 5.58. The van der Waals surface area contributed by atoms with Gasteiger partial charge in [-0.05, 0) is 19.3 Å². The van der Waals surface area contributed by atoms with Crippen molar-refractivity contribution in [3.8, 4) is 0 Å². The second kappa shape index (κ2) is 6.93. The van der Waals surface area contributed by atoms with E-state index in [1.165, 1.54) is 0 Å². The Hall–Kier alpha value is -0.835. The molecule has 0 aliphatic rings. The summed E-state index contributed by atoms with van der Waals surface area (Å²) in [7, 11) is 7.54. The van der Waals surface area contributed by atoms with Crippen LogP contribution in [0.15, 0.2) is 0 Å². The van der Waals surface area contributed by atoms with Crippen LogP contribution in [-0.4, -0.2) is 41.5 Å². The molecule has 98 valence electrons. The van der Waals surface area contributed by atoms with Crippen LogP contribution < -0.4 is 0 Å². The van der Waals surface area contributed by atoms with Crippen LogP contribution in [-0.2, 0) is 0 Å². The SMILES string of the molecule is [B]CCCCN(C)C(=S)c1c(C(C)C)n[nH]c1C. The van der Waals surface area contributed by atoms with E-state index >= 15 is 0 Å². The second-order valence-corrected chi connectivity index (χ2v) is 5.37. The summed E-state index contributed by atoms with van der Waals surface area (Å²) in [6.45, 7) is 7.23. The van der Waals surface area contributed by atoms with Gasteiger partial charge in [-0.15, -0.1) is 0 Å². The molecule has 0 saturated heterocycles. The molecular weight excluding hydrogens is 241 g/mol. The molecule has 1 aromatic rings. The van der Waals surface area contributed by atoms with Gasteiger partial charge in [0, 0.05) is 19.3 Å². The number of nitrogens with zero attached hydrogens (tertiary/aromatic N) is 2. The lowest BCUT2D eigenvalue weighted by Gasteiger charge is -2.21. The number of unbranched alkanes of at least 4 members (excludes halogenated alkanes) is 1. The largest absolute Gasteiger partial charge is 0.365 e. The van der Waals surface area contributed by atoms with E-state index in [0.29, 0.717) is 5.92 Å². The normalized spacial score (nSPS) is 10.9. The van der Waals surface area contributed by atoms with Gasteiger partial charge < -0.3 is 4.90 Å². The number of nitrogens with one attached hydrogen (secondary N) is 1. The van der Waals surface area contributed by atoms with Crippen LogP contribution in [0.2, 0.25) is 6.32 Å². The number of aromatic amines is 1. The molecule has 2 radical (unpaired) electrons.